The number of hydrogen-bond donors (Lipinski definition) is 1. The van der Waals surface area contributed by atoms with Crippen molar-refractivity contribution in [3.63, 3.8) is 0 Å². The van der Waals surface area contributed by atoms with E-state index in [0.29, 0.717) is 21.3 Å². The summed E-state index contributed by atoms with van der Waals surface area (Å²) in [5.74, 6) is 0. The summed E-state index contributed by atoms with van der Waals surface area (Å²) >= 11 is 0. The van der Waals surface area contributed by atoms with Gasteiger partial charge in [-0.15, -0.1) is 0 Å². The standard InChI is InChI=1S/C19H17N2O2P/c1-3-17-14(2)20-19(18(22)21-17)24(23,15-10-6-4-7-11-15)16-12-8-5-9-13-16/h3-13H,2H2,1H3,(H,21,22)/b17-3+. The summed E-state index contributed by atoms with van der Waals surface area (Å²) in [7, 11) is -3.38. The van der Waals surface area contributed by atoms with E-state index in [9.17, 15) is 9.36 Å². The van der Waals surface area contributed by atoms with Gasteiger partial charge in [-0.25, -0.2) is 4.98 Å². The molecule has 2 aromatic carbocycles. The molecule has 3 rings (SSSR count). The largest absolute Gasteiger partial charge is 0.319 e. The molecule has 1 aromatic heterocycles. The molecule has 0 saturated carbocycles. The molecular formula is C19H17N2O2P. The van der Waals surface area contributed by atoms with Crippen molar-refractivity contribution in [1.29, 1.82) is 0 Å². The number of aromatic amines is 1. The molecule has 0 aliphatic rings. The van der Waals surface area contributed by atoms with Crippen molar-refractivity contribution in [1.82, 2.24) is 9.97 Å². The average Bonchev–Trinajstić information content (AvgIpc) is 2.64. The fourth-order valence-electron chi connectivity index (χ4n) is 2.61. The normalized spacial score (nSPS) is 12.3. The van der Waals surface area contributed by atoms with Crippen LogP contribution in [-0.2, 0) is 4.57 Å². The fraction of sp³-hybridized carbons (Fsp3) is 0.0526. The Balaban J connectivity index is 2.41. The summed E-state index contributed by atoms with van der Waals surface area (Å²) in [5.41, 5.74) is -0.443. The van der Waals surface area contributed by atoms with Crippen molar-refractivity contribution in [3.05, 3.63) is 81.7 Å². The monoisotopic (exact) mass is 336 g/mol. The third kappa shape index (κ3) is 2.66. The maximum atomic E-state index is 14.1. The van der Waals surface area contributed by atoms with Gasteiger partial charge in [-0.05, 0) is 6.92 Å². The van der Waals surface area contributed by atoms with E-state index in [1.807, 2.05) is 12.1 Å². The van der Waals surface area contributed by atoms with Crippen molar-refractivity contribution in [2.75, 3.05) is 0 Å². The summed E-state index contributed by atoms with van der Waals surface area (Å²) in [4.78, 5) is 19.7. The second-order valence-electron chi connectivity index (χ2n) is 5.32. The third-order valence-corrected chi connectivity index (χ3v) is 6.78. The van der Waals surface area contributed by atoms with Crippen LogP contribution in [0.3, 0.4) is 0 Å². The van der Waals surface area contributed by atoms with Crippen LogP contribution in [0, 0.1) is 0 Å². The first-order valence-electron chi connectivity index (χ1n) is 7.55. The van der Waals surface area contributed by atoms with Crippen LogP contribution in [-0.4, -0.2) is 9.97 Å². The van der Waals surface area contributed by atoms with Gasteiger partial charge in [0.2, 0.25) is 0 Å². The zero-order valence-electron chi connectivity index (χ0n) is 13.3. The fourth-order valence-corrected chi connectivity index (χ4v) is 5.19. The zero-order chi connectivity index (χ0) is 17.2. The lowest BCUT2D eigenvalue weighted by molar-refractivity contribution is 0.591. The number of H-pyrrole nitrogens is 1. The highest BCUT2D eigenvalue weighted by Gasteiger charge is 2.33. The summed E-state index contributed by atoms with van der Waals surface area (Å²) in [6.45, 7) is 5.65. The van der Waals surface area contributed by atoms with E-state index in [0.717, 1.165) is 0 Å². The van der Waals surface area contributed by atoms with E-state index in [4.69, 9.17) is 0 Å². The van der Waals surface area contributed by atoms with Gasteiger partial charge in [0.15, 0.2) is 12.6 Å². The van der Waals surface area contributed by atoms with Crippen LogP contribution in [0.4, 0.5) is 0 Å². The Bertz CT molecular complexity index is 1030. The van der Waals surface area contributed by atoms with Crippen molar-refractivity contribution >= 4 is 35.8 Å². The Morgan fingerprint density at radius 2 is 1.50 bits per heavy atom. The smallest absolute Gasteiger partial charge is 0.278 e. The van der Waals surface area contributed by atoms with Crippen molar-refractivity contribution in [2.24, 2.45) is 0 Å². The minimum absolute atomic E-state index is 0.00972. The average molecular weight is 336 g/mol. The Morgan fingerprint density at radius 3 is 1.96 bits per heavy atom. The predicted octanol–water partition coefficient (Wildman–Crippen LogP) is 0.620. The molecule has 0 spiro atoms. The van der Waals surface area contributed by atoms with Gasteiger partial charge in [0, 0.05) is 10.6 Å². The van der Waals surface area contributed by atoms with Crippen LogP contribution in [0.25, 0.3) is 12.7 Å². The zero-order valence-corrected chi connectivity index (χ0v) is 14.2. The quantitative estimate of drug-likeness (QED) is 0.713. The Hall–Kier alpha value is -2.71. The molecule has 0 saturated heterocycles. The highest BCUT2D eigenvalue weighted by molar-refractivity contribution is 7.85. The molecule has 0 aliphatic carbocycles. The molecule has 0 bridgehead atoms. The van der Waals surface area contributed by atoms with E-state index >= 15 is 0 Å². The van der Waals surface area contributed by atoms with Gasteiger partial charge in [0.1, 0.15) is 0 Å². The van der Waals surface area contributed by atoms with E-state index < -0.39 is 12.7 Å². The third-order valence-electron chi connectivity index (χ3n) is 3.83. The van der Waals surface area contributed by atoms with Gasteiger partial charge in [0.05, 0.1) is 10.7 Å². The molecule has 0 unspecified atom stereocenters. The van der Waals surface area contributed by atoms with E-state index in [1.165, 1.54) is 0 Å². The first-order chi connectivity index (χ1) is 11.6. The first-order valence-corrected chi connectivity index (χ1v) is 9.25. The summed E-state index contributed by atoms with van der Waals surface area (Å²) in [6.07, 6.45) is 1.72. The van der Waals surface area contributed by atoms with Gasteiger partial charge >= 0.3 is 0 Å². The topological polar surface area (TPSA) is 62.8 Å². The lowest BCUT2D eigenvalue weighted by Gasteiger charge is -2.18. The Labute approximate surface area is 139 Å². The highest BCUT2D eigenvalue weighted by Crippen LogP contribution is 2.39. The maximum Gasteiger partial charge on any atom is 0.278 e. The van der Waals surface area contributed by atoms with Gasteiger partial charge in [-0.3, -0.25) is 4.79 Å². The van der Waals surface area contributed by atoms with Crippen LogP contribution >= 0.6 is 7.14 Å². The van der Waals surface area contributed by atoms with Gasteiger partial charge in [-0.2, -0.15) is 0 Å². The van der Waals surface area contributed by atoms with Gasteiger partial charge < -0.3 is 9.55 Å². The number of nitrogens with zero attached hydrogens (tertiary/aromatic N) is 1. The van der Waals surface area contributed by atoms with Crippen molar-refractivity contribution in [2.45, 2.75) is 6.92 Å². The number of hydrogen-bond acceptors (Lipinski definition) is 3. The maximum absolute atomic E-state index is 14.1. The molecule has 4 nitrogen and oxygen atoms in total. The van der Waals surface area contributed by atoms with E-state index in [1.54, 1.807) is 61.5 Å². The number of nitrogens with one attached hydrogen (secondary N) is 1. The molecule has 1 heterocycles. The van der Waals surface area contributed by atoms with Crippen LogP contribution in [0.5, 0.6) is 0 Å². The van der Waals surface area contributed by atoms with Gasteiger partial charge in [0.25, 0.3) is 5.56 Å². The molecule has 24 heavy (non-hydrogen) atoms. The predicted molar refractivity (Wildman–Crippen MR) is 99.2 cm³/mol. The molecule has 120 valence electrons. The number of rotatable bonds is 3. The molecule has 0 radical (unpaired) electrons. The SMILES string of the molecule is C=c1nc(P(=O)(c2ccccc2)c2ccccc2)c(=O)[nH]/c1=C/C. The first kappa shape index (κ1) is 16.2. The Kier molecular flexibility index (Phi) is 4.32. The molecule has 0 amide bonds. The second kappa shape index (κ2) is 6.42. The summed E-state index contributed by atoms with van der Waals surface area (Å²) in [6, 6.07) is 18.0. The van der Waals surface area contributed by atoms with Crippen LogP contribution in [0.15, 0.2) is 65.5 Å². The van der Waals surface area contributed by atoms with Gasteiger partial charge in [-0.1, -0.05) is 73.3 Å². The lowest BCUT2D eigenvalue weighted by atomic mass is 10.4. The van der Waals surface area contributed by atoms with E-state index in [2.05, 4.69) is 16.5 Å². The molecule has 0 aliphatic heterocycles. The summed E-state index contributed by atoms with van der Waals surface area (Å²) in [5, 5.41) is 2.08. The van der Waals surface area contributed by atoms with Crippen LogP contribution in [0.1, 0.15) is 6.92 Å². The molecule has 0 fully saturated rings. The molecule has 5 heteroatoms. The minimum atomic E-state index is -3.38. The van der Waals surface area contributed by atoms with Crippen molar-refractivity contribution in [3.8, 4) is 0 Å². The molecule has 3 aromatic rings. The minimum Gasteiger partial charge on any atom is -0.319 e. The number of benzene rings is 2. The van der Waals surface area contributed by atoms with Crippen molar-refractivity contribution < 1.29 is 4.57 Å². The second-order valence-corrected chi connectivity index (χ2v) is 7.99. The lowest BCUT2D eigenvalue weighted by Crippen LogP contribution is -2.48. The summed E-state index contributed by atoms with van der Waals surface area (Å²) < 4.78 is 14.1. The molecule has 1 N–H and O–H groups in total. The van der Waals surface area contributed by atoms with Crippen LogP contribution in [0.2, 0.25) is 0 Å². The highest BCUT2D eigenvalue weighted by atomic mass is 31.2. The van der Waals surface area contributed by atoms with E-state index in [-0.39, 0.29) is 5.44 Å². The van der Waals surface area contributed by atoms with Crippen LogP contribution < -0.4 is 32.3 Å². The Morgan fingerprint density at radius 1 is 1.00 bits per heavy atom. The number of aromatic nitrogens is 2. The molecule has 0 atom stereocenters. The molecular weight excluding hydrogens is 319 g/mol.